The highest BCUT2D eigenvalue weighted by atomic mass is 79.9. The van der Waals surface area contributed by atoms with Gasteiger partial charge in [0.1, 0.15) is 0 Å². The molecular formula is C17H24BrN3O2. The maximum atomic E-state index is 12.3. The summed E-state index contributed by atoms with van der Waals surface area (Å²) in [6.07, 6.45) is 2.51. The lowest BCUT2D eigenvalue weighted by atomic mass is 9.97. The molecule has 0 aromatic heterocycles. The zero-order valence-electron chi connectivity index (χ0n) is 13.5. The molecular weight excluding hydrogens is 358 g/mol. The third-order valence-corrected chi connectivity index (χ3v) is 4.83. The van der Waals surface area contributed by atoms with Crippen molar-refractivity contribution in [2.45, 2.75) is 26.2 Å². The van der Waals surface area contributed by atoms with Crippen molar-refractivity contribution < 1.29 is 9.59 Å². The minimum absolute atomic E-state index is 0.0539. The zero-order valence-corrected chi connectivity index (χ0v) is 15.1. The molecule has 3 amide bonds. The monoisotopic (exact) mass is 381 g/mol. The first kappa shape index (κ1) is 17.8. The van der Waals surface area contributed by atoms with E-state index in [4.69, 9.17) is 0 Å². The Balaban J connectivity index is 1.79. The average molecular weight is 382 g/mol. The molecule has 1 atom stereocenters. The predicted octanol–water partition coefficient (Wildman–Crippen LogP) is 2.55. The van der Waals surface area contributed by atoms with Crippen molar-refractivity contribution in [1.29, 1.82) is 0 Å². The fraction of sp³-hybridized carbons (Fsp3) is 0.529. The summed E-state index contributed by atoms with van der Waals surface area (Å²) >= 11 is 3.51. The van der Waals surface area contributed by atoms with Crippen LogP contribution in [0.4, 0.5) is 4.79 Å². The van der Waals surface area contributed by atoms with Gasteiger partial charge in [-0.3, -0.25) is 4.79 Å². The van der Waals surface area contributed by atoms with Gasteiger partial charge in [0.25, 0.3) is 0 Å². The van der Waals surface area contributed by atoms with Crippen LogP contribution in [-0.4, -0.2) is 43.0 Å². The molecule has 23 heavy (non-hydrogen) atoms. The normalized spacial score (nSPS) is 17.7. The molecule has 1 heterocycles. The fourth-order valence-corrected chi connectivity index (χ4v) is 3.29. The highest BCUT2D eigenvalue weighted by Crippen LogP contribution is 2.17. The minimum Gasteiger partial charge on any atom is -0.356 e. The molecule has 126 valence electrons. The van der Waals surface area contributed by atoms with Crippen molar-refractivity contribution in [2.24, 2.45) is 5.92 Å². The van der Waals surface area contributed by atoms with E-state index in [2.05, 4.69) is 26.6 Å². The van der Waals surface area contributed by atoms with Gasteiger partial charge in [0.05, 0.1) is 5.92 Å². The number of hydrogen-bond donors (Lipinski definition) is 2. The van der Waals surface area contributed by atoms with Crippen LogP contribution in [0.1, 0.15) is 25.3 Å². The fourth-order valence-electron chi connectivity index (χ4n) is 2.81. The number of benzene rings is 1. The molecule has 1 fully saturated rings. The molecule has 5 nitrogen and oxygen atoms in total. The SMILES string of the molecule is CCNC(=O)C1CCCN(C(=O)NCCc2ccccc2Br)C1. The van der Waals surface area contributed by atoms with Crippen molar-refractivity contribution in [3.8, 4) is 0 Å². The van der Waals surface area contributed by atoms with E-state index in [1.165, 1.54) is 5.56 Å². The van der Waals surface area contributed by atoms with E-state index in [9.17, 15) is 9.59 Å². The number of nitrogens with zero attached hydrogens (tertiary/aromatic N) is 1. The Morgan fingerprint density at radius 3 is 2.83 bits per heavy atom. The van der Waals surface area contributed by atoms with Crippen molar-refractivity contribution in [1.82, 2.24) is 15.5 Å². The molecule has 1 saturated heterocycles. The number of amides is 3. The van der Waals surface area contributed by atoms with E-state index in [-0.39, 0.29) is 17.9 Å². The third kappa shape index (κ3) is 5.23. The number of nitrogens with one attached hydrogen (secondary N) is 2. The van der Waals surface area contributed by atoms with E-state index in [1.54, 1.807) is 4.90 Å². The average Bonchev–Trinajstić information content (AvgIpc) is 2.57. The number of carbonyl (C=O) groups is 2. The summed E-state index contributed by atoms with van der Waals surface area (Å²) in [5, 5.41) is 5.80. The second-order valence-electron chi connectivity index (χ2n) is 5.75. The van der Waals surface area contributed by atoms with Gasteiger partial charge in [-0.1, -0.05) is 34.1 Å². The number of hydrogen-bond acceptors (Lipinski definition) is 2. The van der Waals surface area contributed by atoms with Gasteiger partial charge in [-0.2, -0.15) is 0 Å². The maximum absolute atomic E-state index is 12.3. The molecule has 1 aromatic rings. The van der Waals surface area contributed by atoms with Gasteiger partial charge < -0.3 is 15.5 Å². The summed E-state index contributed by atoms with van der Waals surface area (Å²) in [6.45, 7) is 4.35. The zero-order chi connectivity index (χ0) is 16.7. The lowest BCUT2D eigenvalue weighted by Crippen LogP contribution is -2.49. The Morgan fingerprint density at radius 1 is 1.30 bits per heavy atom. The summed E-state index contributed by atoms with van der Waals surface area (Å²) in [6, 6.07) is 7.93. The van der Waals surface area contributed by atoms with Crippen LogP contribution in [0.2, 0.25) is 0 Å². The highest BCUT2D eigenvalue weighted by Gasteiger charge is 2.27. The standard InChI is InChI=1S/C17H24BrN3O2/c1-2-19-16(22)14-7-5-11-21(12-14)17(23)20-10-9-13-6-3-4-8-15(13)18/h3-4,6,8,14H,2,5,7,9-12H2,1H3,(H,19,22)(H,20,23). The Morgan fingerprint density at radius 2 is 2.09 bits per heavy atom. The number of carbonyl (C=O) groups excluding carboxylic acids is 2. The van der Waals surface area contributed by atoms with Gasteiger partial charge in [0.15, 0.2) is 0 Å². The smallest absolute Gasteiger partial charge is 0.317 e. The lowest BCUT2D eigenvalue weighted by molar-refractivity contribution is -0.126. The molecule has 1 aromatic carbocycles. The summed E-state index contributed by atoms with van der Waals surface area (Å²) in [5.74, 6) is -0.0315. The molecule has 0 bridgehead atoms. The number of halogens is 1. The number of rotatable bonds is 5. The summed E-state index contributed by atoms with van der Waals surface area (Å²) in [7, 11) is 0. The number of piperidine rings is 1. The molecule has 0 radical (unpaired) electrons. The Bertz CT molecular complexity index is 550. The van der Waals surface area contributed by atoms with Crippen molar-refractivity contribution in [2.75, 3.05) is 26.2 Å². The van der Waals surface area contributed by atoms with E-state index in [0.717, 1.165) is 30.3 Å². The molecule has 2 N–H and O–H groups in total. The van der Waals surface area contributed by atoms with Crippen LogP contribution in [0.3, 0.4) is 0 Å². The Hall–Kier alpha value is -1.56. The molecule has 0 saturated carbocycles. The molecule has 2 rings (SSSR count). The first-order chi connectivity index (χ1) is 11.1. The van der Waals surface area contributed by atoms with Crippen LogP contribution < -0.4 is 10.6 Å². The second-order valence-corrected chi connectivity index (χ2v) is 6.61. The quantitative estimate of drug-likeness (QED) is 0.822. The van der Waals surface area contributed by atoms with Crippen LogP contribution in [0.25, 0.3) is 0 Å². The topological polar surface area (TPSA) is 61.4 Å². The van der Waals surface area contributed by atoms with E-state index >= 15 is 0 Å². The van der Waals surface area contributed by atoms with Crippen LogP contribution in [0, 0.1) is 5.92 Å². The van der Waals surface area contributed by atoms with Crippen LogP contribution in [-0.2, 0) is 11.2 Å². The van der Waals surface area contributed by atoms with Crippen molar-refractivity contribution in [3.63, 3.8) is 0 Å². The molecule has 1 unspecified atom stereocenters. The lowest BCUT2D eigenvalue weighted by Gasteiger charge is -2.32. The summed E-state index contributed by atoms with van der Waals surface area (Å²) < 4.78 is 1.06. The van der Waals surface area contributed by atoms with Gasteiger partial charge in [-0.25, -0.2) is 4.79 Å². The van der Waals surface area contributed by atoms with Gasteiger partial charge >= 0.3 is 6.03 Å². The number of urea groups is 1. The molecule has 1 aliphatic heterocycles. The van der Waals surface area contributed by atoms with Gasteiger partial charge in [0, 0.05) is 30.7 Å². The van der Waals surface area contributed by atoms with Gasteiger partial charge in [-0.05, 0) is 37.8 Å². The highest BCUT2D eigenvalue weighted by molar-refractivity contribution is 9.10. The molecule has 1 aliphatic rings. The maximum Gasteiger partial charge on any atom is 0.317 e. The summed E-state index contributed by atoms with van der Waals surface area (Å²) in [5.41, 5.74) is 1.17. The van der Waals surface area contributed by atoms with Gasteiger partial charge in [-0.15, -0.1) is 0 Å². The summed E-state index contributed by atoms with van der Waals surface area (Å²) in [4.78, 5) is 26.0. The van der Waals surface area contributed by atoms with Gasteiger partial charge in [0.2, 0.25) is 5.91 Å². The van der Waals surface area contributed by atoms with E-state index in [0.29, 0.717) is 19.6 Å². The van der Waals surface area contributed by atoms with Crippen LogP contribution in [0.5, 0.6) is 0 Å². The second kappa shape index (κ2) is 8.91. The van der Waals surface area contributed by atoms with Crippen LogP contribution in [0.15, 0.2) is 28.7 Å². The Labute approximate surface area is 145 Å². The largest absolute Gasteiger partial charge is 0.356 e. The third-order valence-electron chi connectivity index (χ3n) is 4.06. The van der Waals surface area contributed by atoms with Crippen molar-refractivity contribution in [3.05, 3.63) is 34.3 Å². The molecule has 0 spiro atoms. The molecule has 6 heteroatoms. The Kier molecular flexibility index (Phi) is 6.89. The van der Waals surface area contributed by atoms with E-state index < -0.39 is 0 Å². The first-order valence-electron chi connectivity index (χ1n) is 8.15. The van der Waals surface area contributed by atoms with Crippen LogP contribution >= 0.6 is 15.9 Å². The predicted molar refractivity (Wildman–Crippen MR) is 94.2 cm³/mol. The first-order valence-corrected chi connectivity index (χ1v) is 8.95. The van der Waals surface area contributed by atoms with Crippen molar-refractivity contribution >= 4 is 27.9 Å². The van der Waals surface area contributed by atoms with E-state index in [1.807, 2.05) is 31.2 Å². The molecule has 0 aliphatic carbocycles. The minimum atomic E-state index is -0.0854. The number of likely N-dealkylation sites (tertiary alicyclic amines) is 1.